The average Bonchev–Trinajstić information content (AvgIpc) is 3.13. The number of benzene rings is 4. The highest BCUT2D eigenvalue weighted by molar-refractivity contribution is 9.11. The Hall–Kier alpha value is -1.44. The quantitative estimate of drug-likeness (QED) is 0.154. The molecule has 50 heavy (non-hydrogen) atoms. The fourth-order valence-electron chi connectivity index (χ4n) is 7.12. The Kier molecular flexibility index (Phi) is 14.0. The van der Waals surface area contributed by atoms with Crippen LogP contribution >= 0.6 is 63.7 Å². The molecule has 10 heteroatoms. The van der Waals surface area contributed by atoms with E-state index in [0.717, 1.165) is 54.7 Å². The fraction of sp³-hybridized carbons (Fsp3) is 0.400. The average molecular weight is 940 g/mol. The van der Waals surface area contributed by atoms with E-state index in [-0.39, 0.29) is 24.8 Å². The van der Waals surface area contributed by atoms with E-state index in [1.54, 1.807) is 14.2 Å². The second-order valence-electron chi connectivity index (χ2n) is 13.2. The maximum absolute atomic E-state index is 10.9. The molecule has 0 saturated heterocycles. The van der Waals surface area contributed by atoms with Gasteiger partial charge < -0.3 is 29.2 Å². The Morgan fingerprint density at radius 1 is 0.420 bits per heavy atom. The summed E-state index contributed by atoms with van der Waals surface area (Å²) in [5, 5.41) is 21.8. The number of hydrogen-bond acceptors (Lipinski definition) is 6. The van der Waals surface area contributed by atoms with Gasteiger partial charge in [-0.15, -0.1) is 0 Å². The van der Waals surface area contributed by atoms with Crippen molar-refractivity contribution in [3.8, 4) is 0 Å². The molecule has 4 aromatic carbocycles. The third-order valence-electron chi connectivity index (χ3n) is 10.2. The van der Waals surface area contributed by atoms with E-state index < -0.39 is 11.2 Å². The van der Waals surface area contributed by atoms with Crippen LogP contribution in [0.4, 0.5) is 0 Å². The first-order chi connectivity index (χ1) is 23.9. The highest BCUT2D eigenvalue weighted by Crippen LogP contribution is 2.50. The Morgan fingerprint density at radius 3 is 0.900 bits per heavy atom. The number of methoxy groups -OCH3 is 2. The lowest BCUT2D eigenvalue weighted by atomic mass is 9.70. The van der Waals surface area contributed by atoms with Crippen LogP contribution in [0, 0.1) is 0 Å². The molecule has 0 amide bonds. The molecule has 0 bridgehead atoms. The predicted octanol–water partition coefficient (Wildman–Crippen LogP) is 11.0. The Bertz CT molecular complexity index is 1500. The Labute approximate surface area is 329 Å². The third kappa shape index (κ3) is 9.56. The van der Waals surface area contributed by atoms with Gasteiger partial charge in [0.15, 0.2) is 0 Å². The van der Waals surface area contributed by atoms with Crippen LogP contribution in [0.25, 0.3) is 0 Å². The summed E-state index contributed by atoms with van der Waals surface area (Å²) in [5.74, 6) is 0. The smallest absolute Gasteiger partial charge is 0.147 e. The lowest BCUT2D eigenvalue weighted by molar-refractivity contribution is -0.203. The molecule has 2 saturated carbocycles. The molecule has 0 unspecified atom stereocenters. The van der Waals surface area contributed by atoms with Crippen molar-refractivity contribution in [2.24, 2.45) is 0 Å². The van der Waals surface area contributed by atoms with E-state index in [2.05, 4.69) is 112 Å². The molecule has 2 fully saturated rings. The lowest BCUT2D eigenvalue weighted by Gasteiger charge is -2.46. The van der Waals surface area contributed by atoms with Crippen LogP contribution in [0.1, 0.15) is 73.6 Å². The lowest BCUT2D eigenvalue weighted by Crippen LogP contribution is -2.43. The molecule has 0 heterocycles. The standard InChI is InChI=1S/C22H26Br2O4.C18H18Br2O2/c1-25-15-27-21(17-3-7-19(23)8-4-17)11-13-22(14-12-21,28-16-26-2)18-5-9-20(24)10-6-18;19-15-5-1-13(2-6-15)17(21)9-11-18(22,12-10-17)14-3-7-16(20)8-4-14/h3-10H,11-16H2,1-2H3;1-8,21-22H,9-12H2. The summed E-state index contributed by atoms with van der Waals surface area (Å²) < 4.78 is 27.1. The number of halogens is 4. The van der Waals surface area contributed by atoms with Crippen molar-refractivity contribution >= 4 is 63.7 Å². The number of ether oxygens (including phenoxy) is 4. The first kappa shape index (κ1) is 39.8. The minimum absolute atomic E-state index is 0.264. The van der Waals surface area contributed by atoms with Crippen molar-refractivity contribution in [2.45, 2.75) is 73.8 Å². The maximum atomic E-state index is 10.9. The zero-order valence-corrected chi connectivity index (χ0v) is 34.7. The molecule has 6 nitrogen and oxygen atoms in total. The van der Waals surface area contributed by atoms with Crippen molar-refractivity contribution in [3.05, 3.63) is 137 Å². The van der Waals surface area contributed by atoms with E-state index in [1.165, 1.54) is 11.1 Å². The summed E-state index contributed by atoms with van der Waals surface area (Å²) in [6.07, 6.45) is 5.55. The summed E-state index contributed by atoms with van der Waals surface area (Å²) in [5.41, 5.74) is 1.73. The van der Waals surface area contributed by atoms with Gasteiger partial charge in [0.25, 0.3) is 0 Å². The third-order valence-corrected chi connectivity index (χ3v) is 12.3. The topological polar surface area (TPSA) is 77.4 Å². The van der Waals surface area contributed by atoms with Gasteiger partial charge in [0, 0.05) is 32.1 Å². The second-order valence-corrected chi connectivity index (χ2v) is 16.8. The Balaban J connectivity index is 0.000000200. The van der Waals surface area contributed by atoms with Gasteiger partial charge in [0.1, 0.15) is 13.6 Å². The van der Waals surface area contributed by atoms with Gasteiger partial charge in [-0.2, -0.15) is 0 Å². The molecule has 2 aliphatic carbocycles. The first-order valence-electron chi connectivity index (χ1n) is 16.7. The molecular formula is C40H44Br4O6. The van der Waals surface area contributed by atoms with Crippen LogP contribution in [0.2, 0.25) is 0 Å². The van der Waals surface area contributed by atoms with Crippen LogP contribution in [-0.2, 0) is 41.4 Å². The normalized spacial score (nSPS) is 26.6. The minimum atomic E-state index is -0.845. The van der Waals surface area contributed by atoms with Crippen LogP contribution < -0.4 is 0 Å². The van der Waals surface area contributed by atoms with Crippen molar-refractivity contribution in [2.75, 3.05) is 27.8 Å². The van der Waals surface area contributed by atoms with Crippen molar-refractivity contribution < 1.29 is 29.2 Å². The highest BCUT2D eigenvalue weighted by atomic mass is 79.9. The summed E-state index contributed by atoms with van der Waals surface area (Å²) >= 11 is 13.9. The van der Waals surface area contributed by atoms with Crippen molar-refractivity contribution in [1.29, 1.82) is 0 Å². The molecule has 0 aromatic heterocycles. The molecule has 0 spiro atoms. The molecule has 0 radical (unpaired) electrons. The van der Waals surface area contributed by atoms with E-state index in [0.29, 0.717) is 25.7 Å². The molecule has 6 rings (SSSR count). The van der Waals surface area contributed by atoms with Gasteiger partial charge in [0.2, 0.25) is 0 Å². The maximum Gasteiger partial charge on any atom is 0.147 e. The van der Waals surface area contributed by atoms with E-state index in [9.17, 15) is 10.2 Å². The van der Waals surface area contributed by atoms with E-state index in [4.69, 9.17) is 18.9 Å². The number of rotatable bonds is 10. The summed E-state index contributed by atoms with van der Waals surface area (Å²) in [7, 11) is 3.32. The molecule has 0 aliphatic heterocycles. The van der Waals surface area contributed by atoms with Crippen LogP contribution in [0.3, 0.4) is 0 Å². The van der Waals surface area contributed by atoms with Gasteiger partial charge in [0.05, 0.1) is 22.4 Å². The van der Waals surface area contributed by atoms with Gasteiger partial charge in [-0.25, -0.2) is 0 Å². The minimum Gasteiger partial charge on any atom is -0.385 e. The van der Waals surface area contributed by atoms with Crippen molar-refractivity contribution in [3.63, 3.8) is 0 Å². The van der Waals surface area contributed by atoms with E-state index >= 15 is 0 Å². The molecule has 4 aromatic rings. The second kappa shape index (κ2) is 17.6. The largest absolute Gasteiger partial charge is 0.385 e. The Morgan fingerprint density at radius 2 is 0.660 bits per heavy atom. The van der Waals surface area contributed by atoms with E-state index in [1.807, 2.05) is 48.5 Å². The van der Waals surface area contributed by atoms with Crippen LogP contribution in [-0.4, -0.2) is 38.0 Å². The number of hydrogen-bond donors (Lipinski definition) is 2. The summed E-state index contributed by atoms with van der Waals surface area (Å²) in [4.78, 5) is 0. The molecule has 2 aliphatic rings. The van der Waals surface area contributed by atoms with Crippen LogP contribution in [0.15, 0.2) is 115 Å². The van der Waals surface area contributed by atoms with Gasteiger partial charge >= 0.3 is 0 Å². The molecule has 268 valence electrons. The predicted molar refractivity (Wildman–Crippen MR) is 211 cm³/mol. The SMILES string of the molecule is COCOC1(c2ccc(Br)cc2)CCC(OCOC)(c2ccc(Br)cc2)CC1.OC1(c2ccc(Br)cc2)CCC(O)(c2ccc(Br)cc2)CC1. The zero-order chi connectivity index (χ0) is 35.8. The monoisotopic (exact) mass is 936 g/mol. The molecule has 2 N–H and O–H groups in total. The van der Waals surface area contributed by atoms with Gasteiger partial charge in [-0.1, -0.05) is 112 Å². The zero-order valence-electron chi connectivity index (χ0n) is 28.3. The first-order valence-corrected chi connectivity index (χ1v) is 19.9. The summed E-state index contributed by atoms with van der Waals surface area (Å²) in [6.45, 7) is 0.528. The highest BCUT2D eigenvalue weighted by Gasteiger charge is 2.46. The van der Waals surface area contributed by atoms with Crippen LogP contribution in [0.5, 0.6) is 0 Å². The van der Waals surface area contributed by atoms with Crippen molar-refractivity contribution in [1.82, 2.24) is 0 Å². The fourth-order valence-corrected chi connectivity index (χ4v) is 8.17. The molecular weight excluding hydrogens is 896 g/mol. The van der Waals surface area contributed by atoms with Gasteiger partial charge in [-0.05, 0) is 122 Å². The number of aliphatic hydroxyl groups is 2. The van der Waals surface area contributed by atoms with Gasteiger partial charge in [-0.3, -0.25) is 0 Å². The summed E-state index contributed by atoms with van der Waals surface area (Å²) in [6, 6.07) is 32.4. The molecule has 0 atom stereocenters.